The number of nitrogens with one attached hydrogen (secondary N) is 1. The number of hydrogen-bond acceptors (Lipinski definition) is 5. The maximum atomic E-state index is 12.7. The molecule has 26 heavy (non-hydrogen) atoms. The molecular formula is C18H24ClN5OS. The van der Waals surface area contributed by atoms with Gasteiger partial charge in [-0.15, -0.1) is 5.10 Å². The second kappa shape index (κ2) is 8.39. The van der Waals surface area contributed by atoms with E-state index in [1.807, 2.05) is 19.1 Å². The van der Waals surface area contributed by atoms with Gasteiger partial charge in [-0.3, -0.25) is 4.79 Å². The molecule has 4 atom stereocenters. The highest BCUT2D eigenvalue weighted by molar-refractivity contribution is 8.00. The first kappa shape index (κ1) is 19.2. The number of benzene rings is 1. The zero-order valence-corrected chi connectivity index (χ0v) is 16.8. The molecule has 1 saturated carbocycles. The fraction of sp³-hybridized carbons (Fsp3) is 0.556. The molecule has 0 spiro atoms. The van der Waals surface area contributed by atoms with Crippen molar-refractivity contribution in [2.75, 3.05) is 0 Å². The van der Waals surface area contributed by atoms with Crippen LogP contribution in [0, 0.1) is 11.8 Å². The molecule has 1 aliphatic carbocycles. The molecule has 0 unspecified atom stereocenters. The number of tetrazole rings is 1. The predicted molar refractivity (Wildman–Crippen MR) is 104 cm³/mol. The SMILES string of the molecule is C[C@H]1[C@@H](NC(=O)[C@@H](C)Sc2nnnn2-c2cccc(Cl)c2)CCC[C@@H]1C. The lowest BCUT2D eigenvalue weighted by Gasteiger charge is -2.35. The first-order valence-corrected chi connectivity index (χ1v) is 10.2. The summed E-state index contributed by atoms with van der Waals surface area (Å²) in [5.74, 6) is 1.18. The highest BCUT2D eigenvalue weighted by atomic mass is 35.5. The topological polar surface area (TPSA) is 72.7 Å². The maximum Gasteiger partial charge on any atom is 0.233 e. The molecule has 1 aromatic heterocycles. The molecule has 2 aromatic rings. The molecule has 1 heterocycles. The fourth-order valence-electron chi connectivity index (χ4n) is 3.32. The van der Waals surface area contributed by atoms with Gasteiger partial charge in [-0.2, -0.15) is 4.68 Å². The summed E-state index contributed by atoms with van der Waals surface area (Å²) in [6, 6.07) is 7.55. The molecule has 8 heteroatoms. The monoisotopic (exact) mass is 393 g/mol. The number of rotatable bonds is 5. The highest BCUT2D eigenvalue weighted by Crippen LogP contribution is 2.30. The minimum absolute atomic E-state index is 0.0293. The molecule has 1 N–H and O–H groups in total. The minimum Gasteiger partial charge on any atom is -0.352 e. The van der Waals surface area contributed by atoms with Gasteiger partial charge in [0.15, 0.2) is 0 Å². The summed E-state index contributed by atoms with van der Waals surface area (Å²) in [5.41, 5.74) is 0.771. The van der Waals surface area contributed by atoms with Gasteiger partial charge in [0.05, 0.1) is 10.9 Å². The Labute approximate surface area is 163 Å². The van der Waals surface area contributed by atoms with Crippen molar-refractivity contribution in [3.63, 3.8) is 0 Å². The number of thioether (sulfide) groups is 1. The standard InChI is InChI=1S/C18H24ClN5OS/c1-11-6-4-9-16(12(11)2)20-17(25)13(3)26-18-21-22-23-24(18)15-8-5-7-14(19)10-15/h5,7-8,10-13,16H,4,6,9H2,1-3H3,(H,20,25)/t11-,12+,13+,16-/m0/s1. The molecule has 0 bridgehead atoms. The van der Waals surface area contributed by atoms with E-state index in [0.717, 1.165) is 12.1 Å². The molecule has 1 amide bonds. The van der Waals surface area contributed by atoms with Crippen LogP contribution in [0.5, 0.6) is 0 Å². The van der Waals surface area contributed by atoms with Crippen molar-refractivity contribution in [2.45, 2.75) is 56.5 Å². The smallest absolute Gasteiger partial charge is 0.233 e. The molecule has 1 fully saturated rings. The maximum absolute atomic E-state index is 12.7. The van der Waals surface area contributed by atoms with E-state index >= 15 is 0 Å². The van der Waals surface area contributed by atoms with Gasteiger partial charge in [-0.25, -0.2) is 0 Å². The first-order valence-electron chi connectivity index (χ1n) is 8.97. The molecule has 3 rings (SSSR count). The Balaban J connectivity index is 1.66. The molecule has 140 valence electrons. The quantitative estimate of drug-likeness (QED) is 0.783. The highest BCUT2D eigenvalue weighted by Gasteiger charge is 2.30. The lowest BCUT2D eigenvalue weighted by molar-refractivity contribution is -0.121. The third kappa shape index (κ3) is 4.38. The second-order valence-electron chi connectivity index (χ2n) is 7.00. The summed E-state index contributed by atoms with van der Waals surface area (Å²) in [5, 5.41) is 15.9. The number of hydrogen-bond donors (Lipinski definition) is 1. The van der Waals surface area contributed by atoms with E-state index in [1.54, 1.807) is 16.8 Å². The van der Waals surface area contributed by atoms with Gasteiger partial charge in [0.1, 0.15) is 0 Å². The third-order valence-corrected chi connectivity index (χ3v) is 6.45. The zero-order valence-electron chi connectivity index (χ0n) is 15.2. The number of aromatic nitrogens is 4. The van der Waals surface area contributed by atoms with Crippen molar-refractivity contribution >= 4 is 29.3 Å². The van der Waals surface area contributed by atoms with Gasteiger partial charge < -0.3 is 5.32 Å². The van der Waals surface area contributed by atoms with Crippen LogP contribution in [0.1, 0.15) is 40.0 Å². The predicted octanol–water partition coefficient (Wildman–Crippen LogP) is 3.74. The van der Waals surface area contributed by atoms with Crippen LogP contribution < -0.4 is 5.32 Å². The van der Waals surface area contributed by atoms with Crippen LogP contribution in [0.3, 0.4) is 0 Å². The minimum atomic E-state index is -0.289. The Morgan fingerprint density at radius 3 is 2.96 bits per heavy atom. The van der Waals surface area contributed by atoms with E-state index in [4.69, 9.17) is 11.6 Å². The Morgan fingerprint density at radius 1 is 1.38 bits per heavy atom. The van der Waals surface area contributed by atoms with Crippen molar-refractivity contribution in [2.24, 2.45) is 11.8 Å². The second-order valence-corrected chi connectivity index (χ2v) is 8.74. The van der Waals surface area contributed by atoms with Gasteiger partial charge in [-0.1, -0.05) is 56.1 Å². The van der Waals surface area contributed by atoms with Gasteiger partial charge >= 0.3 is 0 Å². The van der Waals surface area contributed by atoms with Crippen LogP contribution in [-0.2, 0) is 4.79 Å². The van der Waals surface area contributed by atoms with Crippen LogP contribution in [0.2, 0.25) is 5.02 Å². The number of amides is 1. The summed E-state index contributed by atoms with van der Waals surface area (Å²) in [6.07, 6.45) is 3.46. The molecule has 1 aromatic carbocycles. The fourth-order valence-corrected chi connectivity index (χ4v) is 4.32. The van der Waals surface area contributed by atoms with Gasteiger partial charge in [-0.05, 0) is 53.8 Å². The zero-order chi connectivity index (χ0) is 18.7. The summed E-state index contributed by atoms with van der Waals surface area (Å²) < 4.78 is 1.60. The van der Waals surface area contributed by atoms with E-state index in [0.29, 0.717) is 22.0 Å². The molecule has 1 aliphatic rings. The Bertz CT molecular complexity index is 768. The summed E-state index contributed by atoms with van der Waals surface area (Å²) >= 11 is 7.40. The van der Waals surface area contributed by atoms with Crippen LogP contribution in [0.15, 0.2) is 29.4 Å². The van der Waals surface area contributed by atoms with Crippen molar-refractivity contribution < 1.29 is 4.79 Å². The van der Waals surface area contributed by atoms with E-state index < -0.39 is 0 Å². The summed E-state index contributed by atoms with van der Waals surface area (Å²) in [4.78, 5) is 12.7. The van der Waals surface area contributed by atoms with Gasteiger partial charge in [0, 0.05) is 11.1 Å². The number of nitrogens with zero attached hydrogens (tertiary/aromatic N) is 4. The Kier molecular flexibility index (Phi) is 6.19. The Hall–Kier alpha value is -1.60. The molecule has 0 saturated heterocycles. The lowest BCUT2D eigenvalue weighted by atomic mass is 9.78. The Morgan fingerprint density at radius 2 is 2.19 bits per heavy atom. The van der Waals surface area contributed by atoms with Crippen molar-refractivity contribution in [3.8, 4) is 5.69 Å². The van der Waals surface area contributed by atoms with Crippen LogP contribution >= 0.6 is 23.4 Å². The lowest BCUT2D eigenvalue weighted by Crippen LogP contribution is -2.46. The van der Waals surface area contributed by atoms with E-state index in [1.165, 1.54) is 24.6 Å². The largest absolute Gasteiger partial charge is 0.352 e. The summed E-state index contributed by atoms with van der Waals surface area (Å²) in [6.45, 7) is 6.38. The third-order valence-electron chi connectivity index (χ3n) is 5.18. The van der Waals surface area contributed by atoms with Crippen molar-refractivity contribution in [3.05, 3.63) is 29.3 Å². The van der Waals surface area contributed by atoms with E-state index in [2.05, 4.69) is 34.7 Å². The van der Waals surface area contributed by atoms with Crippen LogP contribution in [0.25, 0.3) is 5.69 Å². The van der Waals surface area contributed by atoms with Gasteiger partial charge in [0.25, 0.3) is 0 Å². The normalized spacial score (nSPS) is 24.2. The van der Waals surface area contributed by atoms with Crippen LogP contribution in [0.4, 0.5) is 0 Å². The molecule has 6 nitrogen and oxygen atoms in total. The average Bonchev–Trinajstić information content (AvgIpc) is 3.07. The summed E-state index contributed by atoms with van der Waals surface area (Å²) in [7, 11) is 0. The number of halogens is 1. The average molecular weight is 394 g/mol. The van der Waals surface area contributed by atoms with Crippen molar-refractivity contribution in [1.29, 1.82) is 0 Å². The molecule has 0 radical (unpaired) electrons. The first-order chi connectivity index (χ1) is 12.5. The van der Waals surface area contributed by atoms with Crippen molar-refractivity contribution in [1.82, 2.24) is 25.5 Å². The van der Waals surface area contributed by atoms with Crippen LogP contribution in [-0.4, -0.2) is 37.4 Å². The number of carbonyl (C=O) groups is 1. The molecular weight excluding hydrogens is 370 g/mol. The molecule has 0 aliphatic heterocycles. The van der Waals surface area contributed by atoms with Gasteiger partial charge in [0.2, 0.25) is 11.1 Å². The van der Waals surface area contributed by atoms with E-state index in [-0.39, 0.29) is 17.2 Å². The van der Waals surface area contributed by atoms with E-state index in [9.17, 15) is 4.79 Å². The number of carbonyl (C=O) groups excluding carboxylic acids is 1.